The normalized spacial score (nSPS) is 43.5. The summed E-state index contributed by atoms with van der Waals surface area (Å²) in [4.78, 5) is 13.8. The summed E-state index contributed by atoms with van der Waals surface area (Å²) in [5.74, 6) is 1.06. The van der Waals surface area contributed by atoms with Gasteiger partial charge in [0.15, 0.2) is 5.79 Å². The zero-order chi connectivity index (χ0) is 27.5. The molecule has 5 nitrogen and oxygen atoms in total. The highest BCUT2D eigenvalue weighted by Gasteiger charge is 2.69. The predicted molar refractivity (Wildman–Crippen MR) is 153 cm³/mol. The minimum Gasteiger partial charge on any atom is -0.389 e. The number of rotatable bonds is 4. The number of Topliss-reactive ketones (excluding diaryl/α,β-unsaturated/α-hetero) is 1. The highest BCUT2D eigenvalue weighted by molar-refractivity contribution is 8.29. The molecule has 0 radical (unpaired) electrons. The number of aliphatic hydroxyl groups is 1. The van der Waals surface area contributed by atoms with Gasteiger partial charge in [-0.25, -0.2) is 0 Å². The summed E-state index contributed by atoms with van der Waals surface area (Å²) < 4.78 is 18.7. The van der Waals surface area contributed by atoms with Gasteiger partial charge in [0.25, 0.3) is 0 Å². The molecule has 5 fully saturated rings. The van der Waals surface area contributed by atoms with Crippen LogP contribution in [0.15, 0.2) is 0 Å². The second-order valence-electron chi connectivity index (χ2n) is 14.4. The maximum Gasteiger partial charge on any atom is 0.171 e. The Bertz CT molecular complexity index is 845. The topological polar surface area (TPSA) is 65.0 Å². The van der Waals surface area contributed by atoms with Gasteiger partial charge in [-0.15, -0.1) is 10.3 Å². The summed E-state index contributed by atoms with van der Waals surface area (Å²) in [5, 5.41) is 12.0. The van der Waals surface area contributed by atoms with Crippen LogP contribution in [0.1, 0.15) is 106 Å². The lowest BCUT2D eigenvalue weighted by atomic mass is 9.42. The van der Waals surface area contributed by atoms with Crippen LogP contribution in [0.5, 0.6) is 0 Å². The number of hydrogen-bond donors (Lipinski definition) is 1. The van der Waals surface area contributed by atoms with Crippen molar-refractivity contribution < 1.29 is 23.6 Å². The molecule has 5 aliphatic rings. The van der Waals surface area contributed by atoms with Gasteiger partial charge in [-0.3, -0.25) is 4.79 Å². The molecule has 0 aromatic heterocycles. The van der Waals surface area contributed by atoms with Crippen molar-refractivity contribution >= 4 is 16.1 Å². The molecule has 1 saturated heterocycles. The molecular formula is C31H56O5S. The number of ketones is 1. The van der Waals surface area contributed by atoms with Crippen LogP contribution in [0.25, 0.3) is 0 Å². The molecule has 6 unspecified atom stereocenters. The molecule has 1 heterocycles. The molecule has 7 atom stereocenters. The first kappa shape index (κ1) is 29.8. The van der Waals surface area contributed by atoms with Crippen LogP contribution in [0.4, 0.5) is 0 Å². The Balaban J connectivity index is 0.00000156. The van der Waals surface area contributed by atoms with E-state index in [1.807, 2.05) is 13.8 Å². The first-order valence-electron chi connectivity index (χ1n) is 15.1. The second-order valence-corrected chi connectivity index (χ2v) is 18.3. The van der Waals surface area contributed by atoms with Gasteiger partial charge in [-0.1, -0.05) is 48.5 Å². The van der Waals surface area contributed by atoms with Crippen LogP contribution in [-0.2, 0) is 18.5 Å². The molecule has 1 N–H and O–H groups in total. The zero-order valence-corrected chi connectivity index (χ0v) is 26.1. The summed E-state index contributed by atoms with van der Waals surface area (Å²) in [6.07, 6.45) is 12.7. The SMILES string of the molecule is CC.CC12CCC3C(C(=O)C[C@@]4(O)CC5(CCC34C)OCCO5)C1CCC2CCOS(C)(C)C(C)(C)C. The number of carbonyl (C=O) groups is 1. The van der Waals surface area contributed by atoms with Crippen molar-refractivity contribution in [2.75, 3.05) is 32.3 Å². The van der Waals surface area contributed by atoms with Crippen molar-refractivity contribution in [1.29, 1.82) is 0 Å². The molecule has 4 aliphatic carbocycles. The molecule has 1 spiro atoms. The Kier molecular flexibility index (Phi) is 8.10. The van der Waals surface area contributed by atoms with Crippen LogP contribution in [0.3, 0.4) is 0 Å². The molecule has 5 rings (SSSR count). The maximum absolute atomic E-state index is 13.8. The summed E-state index contributed by atoms with van der Waals surface area (Å²) >= 11 is 0. The predicted octanol–water partition coefficient (Wildman–Crippen LogP) is 6.89. The quantitative estimate of drug-likeness (QED) is 0.420. The third-order valence-electron chi connectivity index (χ3n) is 11.9. The van der Waals surface area contributed by atoms with E-state index in [1.165, 1.54) is 6.42 Å². The Morgan fingerprint density at radius 3 is 2.27 bits per heavy atom. The van der Waals surface area contributed by atoms with Crippen LogP contribution >= 0.6 is 10.3 Å². The summed E-state index contributed by atoms with van der Waals surface area (Å²) in [5.41, 5.74) is -1.05. The highest BCUT2D eigenvalue weighted by atomic mass is 32.3. The van der Waals surface area contributed by atoms with Crippen LogP contribution in [0.2, 0.25) is 0 Å². The standard InChI is InChI=1S/C29H50O5S.C2H6/c1-25(2,3)35(6,7)34-15-11-20-8-9-21-24-22(10-12-26(20,21)4)27(5)13-14-29(32-16-17-33-29)19-28(27,31)18-23(24)30;1-2/h20-22,24,31H,8-19H2,1-7H3;1-2H3/t20?,21?,22?,24?,26?,27?,28-;/m1./s1. The van der Waals surface area contributed by atoms with Gasteiger partial charge in [-0.05, 0) is 74.2 Å². The second kappa shape index (κ2) is 10.0. The smallest absolute Gasteiger partial charge is 0.171 e. The monoisotopic (exact) mass is 540 g/mol. The molecular weight excluding hydrogens is 484 g/mol. The lowest BCUT2D eigenvalue weighted by molar-refractivity contribution is -0.278. The fraction of sp³-hybridized carbons (Fsp3) is 0.968. The molecule has 1 aliphatic heterocycles. The van der Waals surface area contributed by atoms with Crippen molar-refractivity contribution in [3.8, 4) is 0 Å². The molecule has 0 bridgehead atoms. The van der Waals surface area contributed by atoms with E-state index in [4.69, 9.17) is 13.7 Å². The third kappa shape index (κ3) is 4.77. The maximum atomic E-state index is 13.8. The van der Waals surface area contributed by atoms with Crippen molar-refractivity contribution in [2.24, 2.45) is 34.5 Å². The van der Waals surface area contributed by atoms with E-state index in [2.05, 4.69) is 47.1 Å². The van der Waals surface area contributed by atoms with E-state index in [9.17, 15) is 9.90 Å². The van der Waals surface area contributed by atoms with Crippen molar-refractivity contribution in [3.63, 3.8) is 0 Å². The van der Waals surface area contributed by atoms with Crippen molar-refractivity contribution in [2.45, 2.75) is 122 Å². The molecule has 0 amide bonds. The Morgan fingerprint density at radius 1 is 1.00 bits per heavy atom. The lowest BCUT2D eigenvalue weighted by Gasteiger charge is -2.64. The number of fused-ring (bicyclic) bond motifs is 5. The van der Waals surface area contributed by atoms with Crippen molar-refractivity contribution in [1.82, 2.24) is 0 Å². The highest BCUT2D eigenvalue weighted by Crippen LogP contribution is 2.69. The molecule has 0 aromatic carbocycles. The van der Waals surface area contributed by atoms with E-state index in [0.717, 1.165) is 45.1 Å². The minimum absolute atomic E-state index is 0.0982. The fourth-order valence-corrected chi connectivity index (χ4v) is 9.69. The lowest BCUT2D eigenvalue weighted by Crippen LogP contribution is -2.67. The average molecular weight is 541 g/mol. The molecule has 4 saturated carbocycles. The van der Waals surface area contributed by atoms with Gasteiger partial charge >= 0.3 is 0 Å². The van der Waals surface area contributed by atoms with Gasteiger partial charge < -0.3 is 18.8 Å². The van der Waals surface area contributed by atoms with E-state index in [-0.39, 0.29) is 33.8 Å². The van der Waals surface area contributed by atoms with Gasteiger partial charge in [0.2, 0.25) is 0 Å². The largest absolute Gasteiger partial charge is 0.389 e. The summed E-state index contributed by atoms with van der Waals surface area (Å²) in [6, 6.07) is 0. The van der Waals surface area contributed by atoms with E-state index < -0.39 is 21.7 Å². The minimum atomic E-state index is -1.11. The van der Waals surface area contributed by atoms with Gasteiger partial charge in [0.05, 0.1) is 25.4 Å². The summed E-state index contributed by atoms with van der Waals surface area (Å²) in [7, 11) is -1.11. The van der Waals surface area contributed by atoms with E-state index in [1.54, 1.807) is 0 Å². The third-order valence-corrected chi connectivity index (χ3v) is 15.6. The average Bonchev–Trinajstić information content (AvgIpc) is 3.40. The van der Waals surface area contributed by atoms with Crippen LogP contribution < -0.4 is 0 Å². The Labute approximate surface area is 228 Å². The van der Waals surface area contributed by atoms with Gasteiger partial charge in [0, 0.05) is 35.3 Å². The van der Waals surface area contributed by atoms with Gasteiger partial charge in [-0.2, -0.15) is 0 Å². The Hall–Kier alpha value is -0.140. The van der Waals surface area contributed by atoms with E-state index >= 15 is 0 Å². The number of hydrogen-bond acceptors (Lipinski definition) is 5. The fourth-order valence-electron chi connectivity index (χ4n) is 8.83. The van der Waals surface area contributed by atoms with Gasteiger partial charge in [0.1, 0.15) is 5.78 Å². The van der Waals surface area contributed by atoms with Crippen molar-refractivity contribution in [3.05, 3.63) is 0 Å². The molecule has 6 heteroatoms. The molecule has 216 valence electrons. The summed E-state index contributed by atoms with van der Waals surface area (Å²) in [6.45, 7) is 17.6. The first-order chi connectivity index (χ1) is 17.2. The van der Waals surface area contributed by atoms with Crippen LogP contribution in [0, 0.1) is 34.5 Å². The number of ether oxygens (including phenoxy) is 2. The van der Waals surface area contributed by atoms with Crippen LogP contribution in [-0.4, -0.2) is 59.4 Å². The molecule has 0 aromatic rings. The first-order valence-corrected chi connectivity index (χ1v) is 17.4. The number of carbonyl (C=O) groups excluding carboxylic acids is 1. The zero-order valence-electron chi connectivity index (χ0n) is 25.3. The van der Waals surface area contributed by atoms with E-state index in [0.29, 0.717) is 37.3 Å². The molecule has 37 heavy (non-hydrogen) atoms. The Morgan fingerprint density at radius 2 is 1.65 bits per heavy atom.